The average Bonchev–Trinajstić information content (AvgIpc) is 3.38. The predicted octanol–water partition coefficient (Wildman–Crippen LogP) is 3.99. The van der Waals surface area contributed by atoms with Gasteiger partial charge >= 0.3 is 0 Å². The highest BCUT2D eigenvalue weighted by Crippen LogP contribution is 2.30. The first kappa shape index (κ1) is 23.9. The van der Waals surface area contributed by atoms with Crippen molar-refractivity contribution in [3.8, 4) is 17.4 Å². The van der Waals surface area contributed by atoms with Crippen LogP contribution in [0.15, 0.2) is 71.8 Å². The minimum atomic E-state index is -0.312. The number of aromatic nitrogens is 3. The van der Waals surface area contributed by atoms with Gasteiger partial charge in [0.1, 0.15) is 12.4 Å². The molecule has 0 spiro atoms. The predicted molar refractivity (Wildman–Crippen MR) is 142 cm³/mol. The second-order valence-corrected chi connectivity index (χ2v) is 8.58. The summed E-state index contributed by atoms with van der Waals surface area (Å²) in [5, 5.41) is 15.5. The fourth-order valence-electron chi connectivity index (χ4n) is 4.49. The number of rotatable bonds is 8. The van der Waals surface area contributed by atoms with Gasteiger partial charge in [-0.15, -0.1) is 0 Å². The standard InChI is InChI=1S/C28H27N5O4/c1-32-22-10-6-4-8-19(22)20(28(32)35)16-29-31-27(34)17-33-23-11-7-5-9-21(23)30-26(33)15-18-12-13-24(36-2)25(14-18)37-3/h4-14,16,35H,15,17H2,1-3H3,(H,31,34). The van der Waals surface area contributed by atoms with Crippen LogP contribution in [0, 0.1) is 0 Å². The van der Waals surface area contributed by atoms with Crippen molar-refractivity contribution in [3.05, 3.63) is 83.7 Å². The molecule has 0 saturated carbocycles. The summed E-state index contributed by atoms with van der Waals surface area (Å²) in [5.74, 6) is 1.78. The van der Waals surface area contributed by atoms with Gasteiger partial charge < -0.3 is 23.7 Å². The first-order valence-electron chi connectivity index (χ1n) is 11.7. The molecule has 0 saturated heterocycles. The normalized spacial score (nSPS) is 11.4. The Balaban J connectivity index is 1.38. The molecule has 0 aliphatic heterocycles. The van der Waals surface area contributed by atoms with Gasteiger partial charge in [0.25, 0.3) is 5.91 Å². The van der Waals surface area contributed by atoms with Gasteiger partial charge in [-0.25, -0.2) is 10.4 Å². The number of aromatic hydroxyl groups is 1. The highest BCUT2D eigenvalue weighted by atomic mass is 16.5. The summed E-state index contributed by atoms with van der Waals surface area (Å²) in [6, 6.07) is 21.0. The maximum absolute atomic E-state index is 12.9. The van der Waals surface area contributed by atoms with Gasteiger partial charge in [0.15, 0.2) is 11.5 Å². The summed E-state index contributed by atoms with van der Waals surface area (Å²) in [5.41, 5.74) is 6.62. The Kier molecular flexibility index (Phi) is 6.51. The number of amides is 1. The van der Waals surface area contributed by atoms with E-state index in [9.17, 15) is 9.90 Å². The molecule has 2 N–H and O–H groups in total. The number of aryl methyl sites for hydroxylation is 1. The summed E-state index contributed by atoms with van der Waals surface area (Å²) in [6.07, 6.45) is 1.96. The number of hydrogen-bond donors (Lipinski definition) is 2. The average molecular weight is 498 g/mol. The zero-order valence-electron chi connectivity index (χ0n) is 20.8. The van der Waals surface area contributed by atoms with Crippen LogP contribution in [0.1, 0.15) is 17.0 Å². The number of fused-ring (bicyclic) bond motifs is 2. The maximum Gasteiger partial charge on any atom is 0.260 e. The first-order valence-corrected chi connectivity index (χ1v) is 11.7. The third-order valence-corrected chi connectivity index (χ3v) is 6.34. The topological polar surface area (TPSA) is 103 Å². The minimum Gasteiger partial charge on any atom is -0.494 e. The highest BCUT2D eigenvalue weighted by Gasteiger charge is 2.16. The van der Waals surface area contributed by atoms with Crippen molar-refractivity contribution in [2.75, 3.05) is 14.2 Å². The van der Waals surface area contributed by atoms with Gasteiger partial charge in [-0.2, -0.15) is 5.10 Å². The van der Waals surface area contributed by atoms with Crippen LogP contribution in [0.5, 0.6) is 17.4 Å². The van der Waals surface area contributed by atoms with Crippen molar-refractivity contribution in [1.82, 2.24) is 19.5 Å². The number of methoxy groups -OCH3 is 2. The molecule has 0 atom stereocenters. The molecule has 0 fully saturated rings. The molecular formula is C28H27N5O4. The number of para-hydroxylation sites is 3. The van der Waals surface area contributed by atoms with E-state index in [1.807, 2.05) is 71.3 Å². The molecular weight excluding hydrogens is 470 g/mol. The van der Waals surface area contributed by atoms with Gasteiger partial charge in [0, 0.05) is 18.9 Å². The molecule has 5 aromatic rings. The maximum atomic E-state index is 12.9. The number of imidazole rings is 1. The molecule has 1 amide bonds. The lowest BCUT2D eigenvalue weighted by atomic mass is 10.1. The van der Waals surface area contributed by atoms with E-state index in [1.54, 1.807) is 25.8 Å². The molecule has 5 rings (SSSR count). The Bertz CT molecular complexity index is 1630. The van der Waals surface area contributed by atoms with E-state index in [-0.39, 0.29) is 18.3 Å². The fourth-order valence-corrected chi connectivity index (χ4v) is 4.49. The smallest absolute Gasteiger partial charge is 0.260 e. The minimum absolute atomic E-state index is 0.0298. The first-order chi connectivity index (χ1) is 18.0. The van der Waals surface area contributed by atoms with Crippen molar-refractivity contribution in [1.29, 1.82) is 0 Å². The second-order valence-electron chi connectivity index (χ2n) is 8.58. The third-order valence-electron chi connectivity index (χ3n) is 6.34. The summed E-state index contributed by atoms with van der Waals surface area (Å²) >= 11 is 0. The Labute approximate surface area is 213 Å². The van der Waals surface area contributed by atoms with Gasteiger partial charge in [0.05, 0.1) is 42.5 Å². The SMILES string of the molecule is COc1ccc(Cc2nc3ccccc3n2CC(=O)NN=Cc2c(O)n(C)c3ccccc23)cc1OC. The van der Waals surface area contributed by atoms with Crippen LogP contribution in [-0.4, -0.2) is 45.6 Å². The second kappa shape index (κ2) is 10.1. The van der Waals surface area contributed by atoms with Crippen LogP contribution >= 0.6 is 0 Å². The molecule has 0 bridgehead atoms. The molecule has 0 aliphatic carbocycles. The molecule has 3 aromatic carbocycles. The Morgan fingerprint density at radius 1 is 1.03 bits per heavy atom. The number of nitrogens with one attached hydrogen (secondary N) is 1. The zero-order valence-corrected chi connectivity index (χ0v) is 20.8. The Hall–Kier alpha value is -4.79. The Morgan fingerprint density at radius 3 is 2.54 bits per heavy atom. The summed E-state index contributed by atoms with van der Waals surface area (Å²) in [6.45, 7) is 0.0298. The van der Waals surface area contributed by atoms with E-state index in [2.05, 4.69) is 10.5 Å². The lowest BCUT2D eigenvalue weighted by Crippen LogP contribution is -2.24. The summed E-state index contributed by atoms with van der Waals surface area (Å²) in [4.78, 5) is 17.7. The van der Waals surface area contributed by atoms with Gasteiger partial charge in [-0.05, 0) is 35.9 Å². The van der Waals surface area contributed by atoms with Crippen molar-refractivity contribution >= 4 is 34.1 Å². The number of hydrogen-bond acceptors (Lipinski definition) is 6. The van der Waals surface area contributed by atoms with Crippen LogP contribution in [0.4, 0.5) is 0 Å². The zero-order chi connectivity index (χ0) is 25.9. The number of carbonyl (C=O) groups excluding carboxylic acids is 1. The van der Waals surface area contributed by atoms with E-state index in [0.717, 1.165) is 33.3 Å². The lowest BCUT2D eigenvalue weighted by molar-refractivity contribution is -0.121. The highest BCUT2D eigenvalue weighted by molar-refractivity contribution is 6.02. The van der Waals surface area contributed by atoms with Crippen molar-refractivity contribution in [3.63, 3.8) is 0 Å². The number of benzene rings is 3. The number of hydrazone groups is 1. The van der Waals surface area contributed by atoms with Crippen molar-refractivity contribution < 1.29 is 19.4 Å². The number of carbonyl (C=O) groups is 1. The lowest BCUT2D eigenvalue weighted by Gasteiger charge is -2.11. The molecule has 2 aromatic heterocycles. The molecule has 9 heteroatoms. The van der Waals surface area contributed by atoms with Gasteiger partial charge in [-0.1, -0.05) is 36.4 Å². The monoisotopic (exact) mass is 497 g/mol. The molecule has 2 heterocycles. The Morgan fingerprint density at radius 2 is 1.76 bits per heavy atom. The van der Waals surface area contributed by atoms with E-state index in [1.165, 1.54) is 6.21 Å². The van der Waals surface area contributed by atoms with Gasteiger partial charge in [0.2, 0.25) is 5.88 Å². The quantitative estimate of drug-likeness (QED) is 0.249. The molecule has 0 radical (unpaired) electrons. The van der Waals surface area contributed by atoms with Crippen LogP contribution in [0.2, 0.25) is 0 Å². The number of ether oxygens (including phenoxy) is 2. The third kappa shape index (κ3) is 4.58. The molecule has 0 aliphatic rings. The van der Waals surface area contributed by atoms with Crippen LogP contribution in [-0.2, 0) is 24.8 Å². The van der Waals surface area contributed by atoms with Crippen LogP contribution < -0.4 is 14.9 Å². The molecule has 9 nitrogen and oxygen atoms in total. The van der Waals surface area contributed by atoms with E-state index in [0.29, 0.717) is 23.5 Å². The summed E-state index contributed by atoms with van der Waals surface area (Å²) < 4.78 is 14.3. The van der Waals surface area contributed by atoms with Crippen molar-refractivity contribution in [2.24, 2.45) is 12.1 Å². The largest absolute Gasteiger partial charge is 0.494 e. The van der Waals surface area contributed by atoms with Crippen LogP contribution in [0.25, 0.3) is 21.9 Å². The fraction of sp³-hybridized carbons (Fsp3) is 0.179. The van der Waals surface area contributed by atoms with Crippen molar-refractivity contribution in [2.45, 2.75) is 13.0 Å². The van der Waals surface area contributed by atoms with E-state index < -0.39 is 0 Å². The molecule has 37 heavy (non-hydrogen) atoms. The van der Waals surface area contributed by atoms with E-state index >= 15 is 0 Å². The van der Waals surface area contributed by atoms with E-state index in [4.69, 9.17) is 14.5 Å². The summed E-state index contributed by atoms with van der Waals surface area (Å²) in [7, 11) is 4.97. The van der Waals surface area contributed by atoms with Crippen LogP contribution in [0.3, 0.4) is 0 Å². The number of nitrogens with zero attached hydrogens (tertiary/aromatic N) is 4. The van der Waals surface area contributed by atoms with Gasteiger partial charge in [-0.3, -0.25) is 4.79 Å². The molecule has 0 unspecified atom stereocenters. The molecule has 188 valence electrons.